The zero-order valence-electron chi connectivity index (χ0n) is 51.3. The van der Waals surface area contributed by atoms with Gasteiger partial charge in [0.1, 0.15) is 0 Å². The Morgan fingerprint density at radius 3 is 1.49 bits per heavy atom. The van der Waals surface area contributed by atoms with Crippen LogP contribution in [0.5, 0.6) is 0 Å². The molecule has 0 unspecified atom stereocenters. The number of rotatable bonds is 6. The van der Waals surface area contributed by atoms with E-state index in [0.717, 1.165) is 17.1 Å². The molecule has 10 aromatic carbocycles. The van der Waals surface area contributed by atoms with Gasteiger partial charge in [-0.15, -0.1) is 11.3 Å². The zero-order valence-corrected chi connectivity index (χ0v) is 52.1. The van der Waals surface area contributed by atoms with Gasteiger partial charge in [0, 0.05) is 60.0 Å². The van der Waals surface area contributed by atoms with Gasteiger partial charge in [0.15, 0.2) is 0 Å². The van der Waals surface area contributed by atoms with Crippen LogP contribution in [0.15, 0.2) is 194 Å². The Kier molecular flexibility index (Phi) is 12.4. The van der Waals surface area contributed by atoms with Crippen LogP contribution in [0.4, 0.5) is 56.9 Å². The number of anilines is 10. The Balaban J connectivity index is 1.04. The van der Waals surface area contributed by atoms with Gasteiger partial charge >= 0.3 is 6.98 Å². The maximum absolute atomic E-state index is 2.66. The molecule has 11 aromatic rings. The molecule has 0 spiro atoms. The monoisotopic (exact) mass is 1110 g/mol. The summed E-state index contributed by atoms with van der Waals surface area (Å²) in [6, 6.07) is 74.9. The number of hydrogen-bond donors (Lipinski definition) is 0. The van der Waals surface area contributed by atoms with E-state index in [0.29, 0.717) is 0 Å². The Morgan fingerprint density at radius 2 is 0.881 bits per heavy atom. The minimum atomic E-state index is -0.188. The third-order valence-electron chi connectivity index (χ3n) is 18.4. The van der Waals surface area contributed by atoms with Gasteiger partial charge in [-0.1, -0.05) is 177 Å². The van der Waals surface area contributed by atoms with E-state index in [2.05, 4.69) is 310 Å². The van der Waals surface area contributed by atoms with Crippen LogP contribution in [0.1, 0.15) is 107 Å². The van der Waals surface area contributed by atoms with E-state index in [-0.39, 0.29) is 29.9 Å². The fraction of sp³-hybridized carbons (Fsp3) is 0.221. The van der Waals surface area contributed by atoms with E-state index in [1.165, 1.54) is 137 Å². The minimum absolute atomic E-state index is 0.000857. The summed E-state index contributed by atoms with van der Waals surface area (Å²) < 4.78 is 2.65. The first-order chi connectivity index (χ1) is 40.1. The van der Waals surface area contributed by atoms with Crippen LogP contribution in [-0.4, -0.2) is 13.7 Å². The molecule has 0 bridgehead atoms. The molecule has 3 aliphatic heterocycles. The topological polar surface area (TPSA) is 13.0 Å². The summed E-state index contributed by atoms with van der Waals surface area (Å²) in [7, 11) is 0. The molecule has 0 atom stereocenters. The summed E-state index contributed by atoms with van der Waals surface area (Å²) in [6.45, 7) is 32.3. The van der Waals surface area contributed by atoms with E-state index in [1.807, 2.05) is 11.3 Å². The minimum Gasteiger partial charge on any atom is -0.360 e. The normalized spacial score (nSPS) is 13.9. The van der Waals surface area contributed by atoms with E-state index < -0.39 is 0 Å². The molecule has 0 saturated carbocycles. The number of benzene rings is 10. The smallest absolute Gasteiger partial charge is 0.360 e. The molecule has 84 heavy (non-hydrogen) atoms. The number of hydrogen-bond acceptors (Lipinski definition) is 5. The molecule has 0 fully saturated rings. The average molecular weight is 1110 g/mol. The molecule has 0 aliphatic carbocycles. The van der Waals surface area contributed by atoms with E-state index >= 15 is 0 Å². The maximum Gasteiger partial charge on any atom is 0.421 e. The first kappa shape index (κ1) is 53.7. The van der Waals surface area contributed by atoms with Gasteiger partial charge < -0.3 is 19.4 Å². The molecule has 3 aliphatic rings. The molecular formula is C77H74B2N4S. The predicted molar refractivity (Wildman–Crippen MR) is 368 cm³/mol. The quantitative estimate of drug-likeness (QED) is 0.154. The lowest BCUT2D eigenvalue weighted by Crippen LogP contribution is -2.61. The lowest BCUT2D eigenvalue weighted by molar-refractivity contribution is 0.589. The molecule has 0 radical (unpaired) electrons. The molecule has 4 nitrogen and oxygen atoms in total. The molecular weight excluding hydrogens is 1030 g/mol. The van der Waals surface area contributed by atoms with E-state index in [9.17, 15) is 0 Å². The van der Waals surface area contributed by atoms with Crippen molar-refractivity contribution in [2.24, 2.45) is 0 Å². The third-order valence-corrected chi connectivity index (χ3v) is 19.5. The summed E-state index contributed by atoms with van der Waals surface area (Å²) >= 11 is 1.89. The average Bonchev–Trinajstić information content (AvgIpc) is 1.18. The van der Waals surface area contributed by atoms with Crippen molar-refractivity contribution < 1.29 is 0 Å². The predicted octanol–water partition coefficient (Wildman–Crippen LogP) is 18.9. The highest BCUT2D eigenvalue weighted by atomic mass is 32.1. The largest absolute Gasteiger partial charge is 0.421 e. The zero-order chi connectivity index (χ0) is 58.5. The highest BCUT2D eigenvalue weighted by Gasteiger charge is 2.50. The van der Waals surface area contributed by atoms with Crippen molar-refractivity contribution in [2.45, 2.75) is 113 Å². The molecule has 4 heterocycles. The van der Waals surface area contributed by atoms with Crippen LogP contribution in [0.3, 0.4) is 0 Å². The fourth-order valence-electron chi connectivity index (χ4n) is 14.2. The van der Waals surface area contributed by atoms with Gasteiger partial charge in [-0.25, -0.2) is 0 Å². The molecule has 14 rings (SSSR count). The number of nitrogens with zero attached hydrogens (tertiary/aromatic N) is 4. The second-order valence-corrected chi connectivity index (χ2v) is 28.5. The standard InChI is InChI=1S/C77H74B2N4S/c1-47-37-68-73-69(38-47)81(74-50(4)39-53(40-51(74)5)52-29-35-61-60-27-21-22-28-70(60)84-71(61)43-52)64-44-55(76(9,10)11)32-36-62(64)78(73)63-45-66-67(46-65(63)80(68)57-33-30-54(31-34-57)75(6,7)8)83(59-25-19-16-20-26-59)79(82(66)58-23-17-15-18-24-58)72-48(2)41-56(42-49(72)3)77(12,13)14/h15-46H,1-14H3. The van der Waals surface area contributed by atoms with Gasteiger partial charge in [-0.3, -0.25) is 0 Å². The van der Waals surface area contributed by atoms with Crippen molar-refractivity contribution >= 4 is 124 Å². The lowest BCUT2D eigenvalue weighted by Gasteiger charge is -2.45. The molecule has 0 N–H and O–H groups in total. The van der Waals surface area contributed by atoms with Crippen LogP contribution in [0.2, 0.25) is 0 Å². The van der Waals surface area contributed by atoms with Crippen molar-refractivity contribution in [2.75, 3.05) is 19.4 Å². The summed E-state index contributed by atoms with van der Waals surface area (Å²) in [6.07, 6.45) is 0. The molecule has 1 aromatic heterocycles. The number of aryl methyl sites for hydroxylation is 5. The van der Waals surface area contributed by atoms with Crippen molar-refractivity contribution in [3.63, 3.8) is 0 Å². The van der Waals surface area contributed by atoms with E-state index in [4.69, 9.17) is 0 Å². The maximum atomic E-state index is 2.66. The van der Waals surface area contributed by atoms with Gasteiger partial charge in [0.05, 0.1) is 17.1 Å². The van der Waals surface area contributed by atoms with Gasteiger partial charge in [-0.05, 0) is 208 Å². The van der Waals surface area contributed by atoms with Gasteiger partial charge in [0.25, 0.3) is 6.71 Å². The highest BCUT2D eigenvalue weighted by Crippen LogP contribution is 2.53. The number of fused-ring (bicyclic) bond motifs is 8. The summed E-state index contributed by atoms with van der Waals surface area (Å²) in [4.78, 5) is 10.6. The SMILES string of the molecule is Cc1cc2c3c(c1)N(c1c(C)cc(-c4ccc5c(c4)sc4ccccc45)cc1C)c1cc(C(C)(C)C)ccc1B3c1cc3c(cc1N2c1ccc(C(C)(C)C)cc1)N(c1ccccc1)B(c1c(C)cc(C(C)(C)C)cc1C)N3c1ccccc1. The van der Waals surface area contributed by atoms with Crippen molar-refractivity contribution in [1.82, 2.24) is 0 Å². The summed E-state index contributed by atoms with van der Waals surface area (Å²) in [5.41, 5.74) is 29.9. The van der Waals surface area contributed by atoms with Crippen LogP contribution < -0.4 is 41.3 Å². The summed E-state index contributed by atoms with van der Waals surface area (Å²) in [5.74, 6) is 0. The third kappa shape index (κ3) is 8.62. The Hall–Kier alpha value is -8.25. The lowest BCUT2D eigenvalue weighted by atomic mass is 9.33. The van der Waals surface area contributed by atoms with Crippen LogP contribution in [0.25, 0.3) is 31.3 Å². The molecule has 414 valence electrons. The second-order valence-electron chi connectivity index (χ2n) is 27.4. The van der Waals surface area contributed by atoms with Crippen molar-refractivity contribution in [3.05, 3.63) is 239 Å². The second kappa shape index (κ2) is 19.4. The number of para-hydroxylation sites is 2. The van der Waals surface area contributed by atoms with Crippen molar-refractivity contribution in [3.8, 4) is 11.1 Å². The Bertz CT molecular complexity index is 4420. The van der Waals surface area contributed by atoms with E-state index in [1.54, 1.807) is 0 Å². The first-order valence-corrected chi connectivity index (χ1v) is 30.9. The first-order valence-electron chi connectivity index (χ1n) is 30.1. The highest BCUT2D eigenvalue weighted by molar-refractivity contribution is 7.25. The number of thiophene rings is 1. The van der Waals surface area contributed by atoms with Crippen LogP contribution in [-0.2, 0) is 16.2 Å². The summed E-state index contributed by atoms with van der Waals surface area (Å²) in [5, 5.41) is 2.65. The van der Waals surface area contributed by atoms with Gasteiger partial charge in [-0.2, -0.15) is 0 Å². The van der Waals surface area contributed by atoms with Crippen molar-refractivity contribution in [1.29, 1.82) is 0 Å². The molecule has 0 amide bonds. The molecule has 0 saturated heterocycles. The van der Waals surface area contributed by atoms with Crippen LogP contribution in [0, 0.1) is 34.6 Å². The fourth-order valence-corrected chi connectivity index (χ4v) is 15.3. The Labute approximate surface area is 503 Å². The Morgan fingerprint density at radius 1 is 0.345 bits per heavy atom. The van der Waals surface area contributed by atoms with Gasteiger partial charge in [0.2, 0.25) is 0 Å². The van der Waals surface area contributed by atoms with Crippen LogP contribution >= 0.6 is 11.3 Å². The molecule has 7 heteroatoms.